The van der Waals surface area contributed by atoms with Gasteiger partial charge < -0.3 is 9.64 Å². The second-order valence-corrected chi connectivity index (χ2v) is 5.27. The summed E-state index contributed by atoms with van der Waals surface area (Å²) in [5.41, 5.74) is 0.669. The third kappa shape index (κ3) is 4.35. The fourth-order valence-electron chi connectivity index (χ4n) is 2.63. The molecule has 0 radical (unpaired) electrons. The molecule has 0 N–H and O–H groups in total. The van der Waals surface area contributed by atoms with Crippen molar-refractivity contribution in [2.75, 3.05) is 19.7 Å². The Hall–Kier alpha value is -1.35. The molecular formula is C16H23NO2. The lowest BCUT2D eigenvalue weighted by atomic mass is 10.0. The first kappa shape index (κ1) is 14.1. The van der Waals surface area contributed by atoms with Crippen molar-refractivity contribution in [1.82, 2.24) is 4.90 Å². The van der Waals surface area contributed by atoms with E-state index in [1.807, 2.05) is 12.1 Å². The summed E-state index contributed by atoms with van der Waals surface area (Å²) in [6.07, 6.45) is 5.90. The van der Waals surface area contributed by atoms with Crippen LogP contribution in [0.2, 0.25) is 0 Å². The Bertz CT molecular complexity index is 405. The van der Waals surface area contributed by atoms with Crippen molar-refractivity contribution in [1.29, 1.82) is 0 Å². The molecule has 1 fully saturated rings. The van der Waals surface area contributed by atoms with Gasteiger partial charge in [0, 0.05) is 18.2 Å². The van der Waals surface area contributed by atoms with E-state index in [1.54, 1.807) is 12.1 Å². The molecule has 1 heterocycles. The van der Waals surface area contributed by atoms with Gasteiger partial charge in [0.1, 0.15) is 12.0 Å². The van der Waals surface area contributed by atoms with Gasteiger partial charge in [-0.2, -0.15) is 0 Å². The number of nitrogens with zero attached hydrogens (tertiary/aromatic N) is 1. The Morgan fingerprint density at radius 2 is 2.32 bits per heavy atom. The highest BCUT2D eigenvalue weighted by Crippen LogP contribution is 2.17. The zero-order valence-corrected chi connectivity index (χ0v) is 11.7. The van der Waals surface area contributed by atoms with Gasteiger partial charge in [-0.1, -0.05) is 18.6 Å². The van der Waals surface area contributed by atoms with Crippen LogP contribution in [-0.4, -0.2) is 36.9 Å². The van der Waals surface area contributed by atoms with Crippen LogP contribution in [0.15, 0.2) is 24.3 Å². The Balaban J connectivity index is 1.69. The summed E-state index contributed by atoms with van der Waals surface area (Å²) in [5, 5.41) is 0. The lowest BCUT2D eigenvalue weighted by Gasteiger charge is -2.33. The molecule has 1 atom stereocenters. The van der Waals surface area contributed by atoms with Crippen molar-refractivity contribution in [2.24, 2.45) is 0 Å². The molecule has 104 valence electrons. The number of rotatable bonds is 6. The average molecular weight is 261 g/mol. The topological polar surface area (TPSA) is 29.5 Å². The van der Waals surface area contributed by atoms with Crippen LogP contribution in [0.1, 0.15) is 43.0 Å². The molecule has 1 saturated heterocycles. The first-order valence-corrected chi connectivity index (χ1v) is 7.21. The highest BCUT2D eigenvalue weighted by molar-refractivity contribution is 5.75. The SMILES string of the molecule is C[C@@H]1CCCCN1CCCOc1cccc(C=O)c1. The summed E-state index contributed by atoms with van der Waals surface area (Å²) in [6.45, 7) is 5.36. The molecule has 19 heavy (non-hydrogen) atoms. The highest BCUT2D eigenvalue weighted by Gasteiger charge is 2.17. The number of likely N-dealkylation sites (tertiary alicyclic amines) is 1. The molecule has 0 aliphatic carbocycles. The predicted octanol–water partition coefficient (Wildman–Crippen LogP) is 3.14. The van der Waals surface area contributed by atoms with Crippen LogP contribution in [0.25, 0.3) is 0 Å². The van der Waals surface area contributed by atoms with Crippen LogP contribution in [-0.2, 0) is 0 Å². The first-order chi connectivity index (χ1) is 9.29. The fourth-order valence-corrected chi connectivity index (χ4v) is 2.63. The zero-order chi connectivity index (χ0) is 13.5. The van der Waals surface area contributed by atoms with Gasteiger partial charge in [-0.25, -0.2) is 0 Å². The van der Waals surface area contributed by atoms with Gasteiger partial charge in [0.2, 0.25) is 0 Å². The van der Waals surface area contributed by atoms with E-state index in [-0.39, 0.29) is 0 Å². The normalized spacial score (nSPS) is 20.2. The molecule has 0 spiro atoms. The van der Waals surface area contributed by atoms with Crippen LogP contribution in [0, 0.1) is 0 Å². The molecule has 3 heteroatoms. The van der Waals surface area contributed by atoms with Crippen molar-refractivity contribution in [3.63, 3.8) is 0 Å². The smallest absolute Gasteiger partial charge is 0.150 e. The molecule has 1 aromatic carbocycles. The van der Waals surface area contributed by atoms with E-state index in [9.17, 15) is 4.79 Å². The molecule has 2 rings (SSSR count). The van der Waals surface area contributed by atoms with E-state index in [0.717, 1.165) is 25.0 Å². The van der Waals surface area contributed by atoms with Gasteiger partial charge in [-0.15, -0.1) is 0 Å². The number of ether oxygens (including phenoxy) is 1. The monoisotopic (exact) mass is 261 g/mol. The third-order valence-corrected chi connectivity index (χ3v) is 3.79. The van der Waals surface area contributed by atoms with E-state index in [2.05, 4.69) is 11.8 Å². The van der Waals surface area contributed by atoms with Gasteiger partial charge in [0.15, 0.2) is 0 Å². The minimum absolute atomic E-state index is 0.669. The second kappa shape index (κ2) is 7.29. The minimum atomic E-state index is 0.669. The molecule has 0 amide bonds. The average Bonchev–Trinajstić information content (AvgIpc) is 2.45. The van der Waals surface area contributed by atoms with Gasteiger partial charge >= 0.3 is 0 Å². The fraction of sp³-hybridized carbons (Fsp3) is 0.562. The molecule has 0 unspecified atom stereocenters. The first-order valence-electron chi connectivity index (χ1n) is 7.21. The number of benzene rings is 1. The van der Waals surface area contributed by atoms with Crippen molar-refractivity contribution >= 4 is 6.29 Å². The van der Waals surface area contributed by atoms with Crippen LogP contribution in [0.3, 0.4) is 0 Å². The Morgan fingerprint density at radius 1 is 1.42 bits per heavy atom. The van der Waals surface area contributed by atoms with Crippen molar-refractivity contribution in [3.8, 4) is 5.75 Å². The maximum atomic E-state index is 10.7. The zero-order valence-electron chi connectivity index (χ0n) is 11.7. The number of carbonyl (C=O) groups excluding carboxylic acids is 1. The summed E-state index contributed by atoms with van der Waals surface area (Å²) in [4.78, 5) is 13.2. The number of hydrogen-bond acceptors (Lipinski definition) is 3. The number of piperidine rings is 1. The van der Waals surface area contributed by atoms with Crippen LogP contribution >= 0.6 is 0 Å². The second-order valence-electron chi connectivity index (χ2n) is 5.27. The number of aldehydes is 1. The molecule has 1 aliphatic rings. The summed E-state index contributed by atoms with van der Waals surface area (Å²) >= 11 is 0. The van der Waals surface area contributed by atoms with Crippen molar-refractivity contribution in [2.45, 2.75) is 38.6 Å². The lowest BCUT2D eigenvalue weighted by Crippen LogP contribution is -2.38. The molecular weight excluding hydrogens is 238 g/mol. The van der Waals surface area contributed by atoms with Gasteiger partial charge in [-0.3, -0.25) is 4.79 Å². The van der Waals surface area contributed by atoms with E-state index in [0.29, 0.717) is 18.2 Å². The van der Waals surface area contributed by atoms with E-state index < -0.39 is 0 Å². The van der Waals surface area contributed by atoms with Gasteiger partial charge in [0.25, 0.3) is 0 Å². The maximum absolute atomic E-state index is 10.7. The minimum Gasteiger partial charge on any atom is -0.494 e. The van der Waals surface area contributed by atoms with Crippen LogP contribution in [0.5, 0.6) is 5.75 Å². The molecule has 0 aromatic heterocycles. The van der Waals surface area contributed by atoms with Crippen LogP contribution < -0.4 is 4.74 Å². The van der Waals surface area contributed by atoms with E-state index >= 15 is 0 Å². The molecule has 0 saturated carbocycles. The van der Waals surface area contributed by atoms with Crippen LogP contribution in [0.4, 0.5) is 0 Å². The van der Waals surface area contributed by atoms with Crippen molar-refractivity contribution < 1.29 is 9.53 Å². The third-order valence-electron chi connectivity index (χ3n) is 3.79. The molecule has 3 nitrogen and oxygen atoms in total. The summed E-state index contributed by atoms with van der Waals surface area (Å²) in [6, 6.07) is 8.04. The van der Waals surface area contributed by atoms with Gasteiger partial charge in [-0.05, 0) is 44.9 Å². The quantitative estimate of drug-likeness (QED) is 0.582. The molecule has 1 aliphatic heterocycles. The maximum Gasteiger partial charge on any atom is 0.150 e. The Labute approximate surface area is 115 Å². The molecule has 1 aromatic rings. The largest absolute Gasteiger partial charge is 0.494 e. The molecule has 0 bridgehead atoms. The highest BCUT2D eigenvalue weighted by atomic mass is 16.5. The van der Waals surface area contributed by atoms with Crippen molar-refractivity contribution in [3.05, 3.63) is 29.8 Å². The van der Waals surface area contributed by atoms with E-state index in [4.69, 9.17) is 4.74 Å². The predicted molar refractivity (Wildman–Crippen MR) is 76.8 cm³/mol. The van der Waals surface area contributed by atoms with Gasteiger partial charge in [0.05, 0.1) is 6.61 Å². The Morgan fingerprint density at radius 3 is 3.11 bits per heavy atom. The summed E-state index contributed by atoms with van der Waals surface area (Å²) < 4.78 is 5.69. The summed E-state index contributed by atoms with van der Waals surface area (Å²) in [7, 11) is 0. The summed E-state index contributed by atoms with van der Waals surface area (Å²) in [5.74, 6) is 0.788. The standard InChI is InChI=1S/C16H23NO2/c1-14-6-2-3-9-17(14)10-5-11-19-16-8-4-7-15(12-16)13-18/h4,7-8,12-14H,2-3,5-6,9-11H2,1H3/t14-/m1/s1. The van der Waals surface area contributed by atoms with E-state index in [1.165, 1.54) is 25.8 Å². The number of hydrogen-bond donors (Lipinski definition) is 0. The number of carbonyl (C=O) groups is 1. The lowest BCUT2D eigenvalue weighted by molar-refractivity contribution is 0.112. The Kier molecular flexibility index (Phi) is 5.40.